The highest BCUT2D eigenvalue weighted by atomic mass is 16.5. The second kappa shape index (κ2) is 7.79. The molecule has 8 nitrogen and oxygen atoms in total. The zero-order chi connectivity index (χ0) is 22.3. The molecule has 0 radical (unpaired) electrons. The van der Waals surface area contributed by atoms with Crippen LogP contribution in [0.4, 0.5) is 0 Å². The Morgan fingerprint density at radius 1 is 1.03 bits per heavy atom. The molecule has 1 aromatic carbocycles. The molecule has 158 valence electrons. The van der Waals surface area contributed by atoms with Crippen LogP contribution < -0.4 is 5.56 Å². The summed E-state index contributed by atoms with van der Waals surface area (Å²) in [5, 5.41) is 0. The second-order valence-corrected chi connectivity index (χ2v) is 7.84. The van der Waals surface area contributed by atoms with Gasteiger partial charge in [0.1, 0.15) is 18.3 Å². The summed E-state index contributed by atoms with van der Waals surface area (Å²) in [5.41, 5.74) is 1.88. The van der Waals surface area contributed by atoms with Crippen molar-refractivity contribution in [3.8, 4) is 0 Å². The highest BCUT2D eigenvalue weighted by molar-refractivity contribution is 6.22. The van der Waals surface area contributed by atoms with Gasteiger partial charge < -0.3 is 4.74 Å². The van der Waals surface area contributed by atoms with E-state index in [9.17, 15) is 19.2 Å². The van der Waals surface area contributed by atoms with E-state index in [1.165, 1.54) is 10.5 Å². The van der Waals surface area contributed by atoms with E-state index in [4.69, 9.17) is 4.74 Å². The average molecular weight is 419 g/mol. The van der Waals surface area contributed by atoms with Crippen LogP contribution in [0, 0.1) is 12.8 Å². The first-order valence-electron chi connectivity index (χ1n) is 9.90. The molecule has 1 aliphatic rings. The molecule has 0 bridgehead atoms. The first-order valence-corrected chi connectivity index (χ1v) is 9.90. The van der Waals surface area contributed by atoms with Crippen LogP contribution in [-0.4, -0.2) is 38.1 Å². The molecule has 0 aliphatic carbocycles. The monoisotopic (exact) mass is 419 g/mol. The van der Waals surface area contributed by atoms with Gasteiger partial charge in [0.05, 0.1) is 16.8 Å². The van der Waals surface area contributed by atoms with Gasteiger partial charge in [0.25, 0.3) is 17.4 Å². The number of amides is 2. The molecule has 4 rings (SSSR count). The van der Waals surface area contributed by atoms with Crippen molar-refractivity contribution in [1.29, 1.82) is 0 Å². The summed E-state index contributed by atoms with van der Waals surface area (Å²) in [5.74, 6) is -2.13. The molecule has 2 aromatic heterocycles. The molecule has 3 aromatic rings. The van der Waals surface area contributed by atoms with Gasteiger partial charge in [0, 0.05) is 12.3 Å². The van der Waals surface area contributed by atoms with Crippen LogP contribution in [0.5, 0.6) is 0 Å². The van der Waals surface area contributed by atoms with Crippen molar-refractivity contribution in [2.75, 3.05) is 0 Å². The lowest BCUT2D eigenvalue weighted by molar-refractivity contribution is -0.151. The molecule has 0 saturated heterocycles. The summed E-state index contributed by atoms with van der Waals surface area (Å²) in [7, 11) is 0. The Kier molecular flexibility index (Phi) is 5.14. The number of carbonyl (C=O) groups excluding carboxylic acids is 3. The number of benzene rings is 1. The number of pyridine rings is 1. The number of imide groups is 1. The lowest BCUT2D eigenvalue weighted by atomic mass is 10.0. The number of esters is 1. The molecule has 0 N–H and O–H groups in total. The number of hydrogen-bond acceptors (Lipinski definition) is 6. The number of rotatable bonds is 5. The van der Waals surface area contributed by atoms with Crippen molar-refractivity contribution < 1.29 is 19.1 Å². The van der Waals surface area contributed by atoms with E-state index < -0.39 is 23.8 Å². The lowest BCUT2D eigenvalue weighted by Gasteiger charge is -2.27. The number of aryl methyl sites for hydroxylation is 1. The molecule has 1 aliphatic heterocycles. The number of hydrogen-bond donors (Lipinski definition) is 0. The number of aromatic nitrogens is 2. The van der Waals surface area contributed by atoms with Crippen LogP contribution in [0.1, 0.15) is 45.8 Å². The van der Waals surface area contributed by atoms with Crippen LogP contribution in [0.3, 0.4) is 0 Å². The Labute approximate surface area is 178 Å². The van der Waals surface area contributed by atoms with Crippen LogP contribution in [-0.2, 0) is 16.1 Å². The predicted octanol–water partition coefficient (Wildman–Crippen LogP) is 2.37. The van der Waals surface area contributed by atoms with E-state index in [1.807, 2.05) is 13.0 Å². The van der Waals surface area contributed by atoms with Crippen LogP contribution in [0.2, 0.25) is 0 Å². The Balaban J connectivity index is 1.56. The zero-order valence-electron chi connectivity index (χ0n) is 17.4. The maximum absolute atomic E-state index is 12.9. The van der Waals surface area contributed by atoms with E-state index in [1.54, 1.807) is 50.4 Å². The molecule has 3 heterocycles. The standard InChI is InChI=1S/C23H21N3O5/c1-13(2)20(26-21(28)16-6-4-5-7-17(16)22(26)29)23(30)31-12-15-10-19(27)25-11-14(3)8-9-18(25)24-15/h4-11,13,20H,12H2,1-3H3/t20-/m1/s1. The molecule has 2 amide bonds. The van der Waals surface area contributed by atoms with Gasteiger partial charge in [-0.1, -0.05) is 32.0 Å². The Hall–Kier alpha value is -3.81. The Morgan fingerprint density at radius 2 is 1.68 bits per heavy atom. The summed E-state index contributed by atoms with van der Waals surface area (Å²) in [6, 6.07) is 10.2. The first kappa shape index (κ1) is 20.5. The summed E-state index contributed by atoms with van der Waals surface area (Å²) >= 11 is 0. The fourth-order valence-corrected chi connectivity index (χ4v) is 3.70. The van der Waals surface area contributed by atoms with Gasteiger partial charge in [-0.05, 0) is 36.6 Å². The lowest BCUT2D eigenvalue weighted by Crippen LogP contribution is -2.48. The minimum absolute atomic E-state index is 0.245. The molecule has 31 heavy (non-hydrogen) atoms. The highest BCUT2D eigenvalue weighted by Crippen LogP contribution is 2.27. The normalized spacial score (nSPS) is 14.3. The topological polar surface area (TPSA) is 98.0 Å². The Morgan fingerprint density at radius 3 is 2.29 bits per heavy atom. The van der Waals surface area contributed by atoms with Gasteiger partial charge in [-0.2, -0.15) is 0 Å². The molecular formula is C23H21N3O5. The number of carbonyl (C=O) groups is 3. The molecule has 0 fully saturated rings. The average Bonchev–Trinajstić information content (AvgIpc) is 2.98. The van der Waals surface area contributed by atoms with Crippen LogP contribution in [0.25, 0.3) is 5.65 Å². The SMILES string of the molecule is Cc1ccc2nc(COC(=O)[C@@H](C(C)C)N3C(=O)c4ccccc4C3=O)cc(=O)n2c1. The minimum atomic E-state index is -1.09. The van der Waals surface area contributed by atoms with Crippen molar-refractivity contribution in [3.63, 3.8) is 0 Å². The fraction of sp³-hybridized carbons (Fsp3) is 0.261. The predicted molar refractivity (Wildman–Crippen MR) is 112 cm³/mol. The largest absolute Gasteiger partial charge is 0.458 e. The number of ether oxygens (including phenoxy) is 1. The smallest absolute Gasteiger partial charge is 0.330 e. The molecule has 0 unspecified atom stereocenters. The zero-order valence-corrected chi connectivity index (χ0v) is 17.4. The third-order valence-corrected chi connectivity index (χ3v) is 5.20. The molecular weight excluding hydrogens is 398 g/mol. The van der Waals surface area contributed by atoms with Crippen LogP contribution in [0.15, 0.2) is 53.5 Å². The minimum Gasteiger partial charge on any atom is -0.458 e. The molecule has 0 spiro atoms. The van der Waals surface area contributed by atoms with Gasteiger partial charge >= 0.3 is 5.97 Å². The first-order chi connectivity index (χ1) is 14.8. The van der Waals surface area contributed by atoms with Gasteiger partial charge in [-0.25, -0.2) is 9.78 Å². The quantitative estimate of drug-likeness (QED) is 0.465. The van der Waals surface area contributed by atoms with E-state index in [0.29, 0.717) is 5.65 Å². The highest BCUT2D eigenvalue weighted by Gasteiger charge is 2.44. The third kappa shape index (κ3) is 3.61. The third-order valence-electron chi connectivity index (χ3n) is 5.20. The summed E-state index contributed by atoms with van der Waals surface area (Å²) < 4.78 is 6.80. The molecule has 1 atom stereocenters. The van der Waals surface area contributed by atoms with Gasteiger partial charge in [-0.3, -0.25) is 23.7 Å². The van der Waals surface area contributed by atoms with Gasteiger partial charge in [0.2, 0.25) is 0 Å². The number of fused-ring (bicyclic) bond motifs is 2. The van der Waals surface area contributed by atoms with Crippen molar-refractivity contribution in [2.45, 2.75) is 33.4 Å². The summed E-state index contributed by atoms with van der Waals surface area (Å²) in [6.45, 7) is 5.09. The van der Waals surface area contributed by atoms with E-state index in [-0.39, 0.29) is 34.9 Å². The fourth-order valence-electron chi connectivity index (χ4n) is 3.70. The maximum Gasteiger partial charge on any atom is 0.330 e. The number of nitrogens with zero attached hydrogens (tertiary/aromatic N) is 3. The summed E-state index contributed by atoms with van der Waals surface area (Å²) in [4.78, 5) is 56.1. The van der Waals surface area contributed by atoms with Crippen molar-refractivity contribution in [3.05, 3.63) is 81.4 Å². The molecule has 0 saturated carbocycles. The van der Waals surface area contributed by atoms with Gasteiger partial charge in [-0.15, -0.1) is 0 Å². The molecule has 8 heteroatoms. The van der Waals surface area contributed by atoms with Gasteiger partial charge in [0.15, 0.2) is 0 Å². The van der Waals surface area contributed by atoms with Crippen LogP contribution >= 0.6 is 0 Å². The van der Waals surface area contributed by atoms with E-state index in [0.717, 1.165) is 10.5 Å². The second-order valence-electron chi connectivity index (χ2n) is 7.84. The van der Waals surface area contributed by atoms with Crippen molar-refractivity contribution in [2.24, 2.45) is 5.92 Å². The maximum atomic E-state index is 12.9. The Bertz CT molecular complexity index is 1240. The van der Waals surface area contributed by atoms with E-state index in [2.05, 4.69) is 4.98 Å². The summed E-state index contributed by atoms with van der Waals surface area (Å²) in [6.07, 6.45) is 1.68. The van der Waals surface area contributed by atoms with Crippen molar-refractivity contribution >= 4 is 23.4 Å². The van der Waals surface area contributed by atoms with Crippen molar-refractivity contribution in [1.82, 2.24) is 14.3 Å². The van der Waals surface area contributed by atoms with E-state index >= 15 is 0 Å².